The van der Waals surface area contributed by atoms with E-state index in [2.05, 4.69) is 21.2 Å². The lowest BCUT2D eigenvalue weighted by Crippen LogP contribution is -2.06. The second-order valence-corrected chi connectivity index (χ2v) is 7.66. The van der Waals surface area contributed by atoms with Crippen LogP contribution in [0.5, 0.6) is 11.5 Å². The monoisotopic (exact) mass is 483 g/mol. The largest absolute Gasteiger partial charge is 0.493 e. The van der Waals surface area contributed by atoms with Crippen molar-refractivity contribution in [3.8, 4) is 11.5 Å². The molecule has 0 saturated heterocycles. The molecule has 3 aromatic rings. The molecule has 0 radical (unpaired) electrons. The Morgan fingerprint density at radius 2 is 1.89 bits per heavy atom. The highest BCUT2D eigenvalue weighted by Crippen LogP contribution is 2.37. The van der Waals surface area contributed by atoms with Crippen LogP contribution in [-0.2, 0) is 13.2 Å². The summed E-state index contributed by atoms with van der Waals surface area (Å²) in [7, 11) is 1.59. The van der Waals surface area contributed by atoms with Gasteiger partial charge in [-0.3, -0.25) is 0 Å². The van der Waals surface area contributed by atoms with Crippen molar-refractivity contribution >= 4 is 44.8 Å². The Kier molecular flexibility index (Phi) is 7.05. The molecule has 0 bridgehead atoms. The highest BCUT2D eigenvalue weighted by Gasteiger charge is 2.15. The minimum Gasteiger partial charge on any atom is -0.493 e. The molecule has 0 amide bonds. The smallest absolute Gasteiger partial charge is 0.167 e. The van der Waals surface area contributed by atoms with Gasteiger partial charge in [0.1, 0.15) is 12.4 Å². The number of anilines is 1. The van der Waals surface area contributed by atoms with Crippen LogP contribution in [0.2, 0.25) is 10.0 Å². The number of methoxy groups -OCH3 is 1. The number of rotatable bonds is 7. The molecule has 0 aliphatic rings. The highest BCUT2D eigenvalue weighted by molar-refractivity contribution is 9.10. The first-order chi connectivity index (χ1) is 13.5. The van der Waals surface area contributed by atoms with Crippen LogP contribution in [0.3, 0.4) is 0 Å². The maximum atomic E-state index is 13.4. The summed E-state index contributed by atoms with van der Waals surface area (Å²) in [5.74, 6) is 0.761. The molecule has 0 spiro atoms. The molecule has 0 aliphatic heterocycles. The number of hydrogen-bond donors (Lipinski definition) is 1. The Bertz CT molecular complexity index is 985. The molecule has 0 heterocycles. The van der Waals surface area contributed by atoms with Crippen LogP contribution in [0.15, 0.2) is 59.1 Å². The lowest BCUT2D eigenvalue weighted by Gasteiger charge is -2.18. The summed E-state index contributed by atoms with van der Waals surface area (Å²) in [4.78, 5) is 0. The van der Waals surface area contributed by atoms with E-state index in [-0.39, 0.29) is 5.02 Å². The van der Waals surface area contributed by atoms with Gasteiger partial charge in [0.25, 0.3) is 0 Å². The molecule has 3 nitrogen and oxygen atoms in total. The summed E-state index contributed by atoms with van der Waals surface area (Å²) in [6, 6.07) is 15.7. The summed E-state index contributed by atoms with van der Waals surface area (Å²) >= 11 is 15.5. The molecule has 3 rings (SSSR count). The molecule has 7 heteroatoms. The zero-order chi connectivity index (χ0) is 20.1. The van der Waals surface area contributed by atoms with Gasteiger partial charge in [0, 0.05) is 27.3 Å². The molecule has 3 aromatic carbocycles. The van der Waals surface area contributed by atoms with Crippen LogP contribution in [0, 0.1) is 5.82 Å². The molecule has 0 fully saturated rings. The first-order valence-corrected chi connectivity index (χ1v) is 9.94. The van der Waals surface area contributed by atoms with Crippen LogP contribution in [-0.4, -0.2) is 7.11 Å². The fraction of sp³-hybridized carbons (Fsp3) is 0.143. The lowest BCUT2D eigenvalue weighted by molar-refractivity contribution is 0.281. The SMILES string of the molecule is COc1ccc(Br)c(CNc2ccc(F)c(Cl)c2)c1OCc1cccc(Cl)c1. The second-order valence-electron chi connectivity index (χ2n) is 5.96. The van der Waals surface area contributed by atoms with Gasteiger partial charge in [-0.25, -0.2) is 4.39 Å². The van der Waals surface area contributed by atoms with E-state index in [1.165, 1.54) is 12.1 Å². The predicted octanol–water partition coefficient (Wildman–Crippen LogP) is 7.09. The third kappa shape index (κ3) is 5.10. The van der Waals surface area contributed by atoms with E-state index >= 15 is 0 Å². The fourth-order valence-corrected chi connectivity index (χ4v) is 3.49. The zero-order valence-corrected chi connectivity index (χ0v) is 18.0. The minimum atomic E-state index is -0.458. The van der Waals surface area contributed by atoms with E-state index in [0.717, 1.165) is 15.6 Å². The van der Waals surface area contributed by atoms with Crippen molar-refractivity contribution in [3.05, 3.63) is 86.1 Å². The van der Waals surface area contributed by atoms with Gasteiger partial charge in [-0.05, 0) is 48.0 Å². The molecule has 0 aromatic heterocycles. The first kappa shape index (κ1) is 20.8. The van der Waals surface area contributed by atoms with E-state index in [1.807, 2.05) is 36.4 Å². The average molecular weight is 485 g/mol. The maximum Gasteiger partial charge on any atom is 0.167 e. The number of ether oxygens (including phenoxy) is 2. The number of benzene rings is 3. The Balaban J connectivity index is 1.83. The summed E-state index contributed by atoms with van der Waals surface area (Å²) in [6.07, 6.45) is 0. The van der Waals surface area contributed by atoms with Gasteiger partial charge in [-0.2, -0.15) is 0 Å². The van der Waals surface area contributed by atoms with Gasteiger partial charge < -0.3 is 14.8 Å². The number of hydrogen-bond acceptors (Lipinski definition) is 3. The molecule has 0 saturated carbocycles. The van der Waals surface area contributed by atoms with Crippen molar-refractivity contribution in [3.63, 3.8) is 0 Å². The molecular formula is C21H17BrCl2FNO2. The van der Waals surface area contributed by atoms with Gasteiger partial charge >= 0.3 is 0 Å². The van der Waals surface area contributed by atoms with Crippen molar-refractivity contribution in [2.24, 2.45) is 0 Å². The van der Waals surface area contributed by atoms with E-state index < -0.39 is 5.82 Å². The van der Waals surface area contributed by atoms with Gasteiger partial charge in [0.2, 0.25) is 0 Å². The molecule has 0 unspecified atom stereocenters. The zero-order valence-electron chi connectivity index (χ0n) is 14.9. The fourth-order valence-electron chi connectivity index (χ4n) is 2.64. The summed E-state index contributed by atoms with van der Waals surface area (Å²) in [5.41, 5.74) is 2.50. The maximum absolute atomic E-state index is 13.4. The third-order valence-electron chi connectivity index (χ3n) is 4.05. The summed E-state index contributed by atoms with van der Waals surface area (Å²) in [5, 5.41) is 3.94. The van der Waals surface area contributed by atoms with Crippen LogP contribution in [0.25, 0.3) is 0 Å². The standard InChI is InChI=1S/C21H17BrCl2FNO2/c1-27-20-8-6-17(22)16(11-26-15-5-7-19(25)18(24)10-15)21(20)28-12-13-3-2-4-14(23)9-13/h2-10,26H,11-12H2,1H3. The lowest BCUT2D eigenvalue weighted by atomic mass is 10.1. The number of nitrogens with one attached hydrogen (secondary N) is 1. The Morgan fingerprint density at radius 1 is 1.07 bits per heavy atom. The molecule has 0 aliphatic carbocycles. The Morgan fingerprint density at radius 3 is 2.61 bits per heavy atom. The molecule has 0 atom stereocenters. The third-order valence-corrected chi connectivity index (χ3v) is 5.32. The predicted molar refractivity (Wildman–Crippen MR) is 115 cm³/mol. The van der Waals surface area contributed by atoms with E-state index in [9.17, 15) is 4.39 Å². The van der Waals surface area contributed by atoms with Crippen molar-refractivity contribution < 1.29 is 13.9 Å². The second kappa shape index (κ2) is 9.50. The average Bonchev–Trinajstić information content (AvgIpc) is 2.68. The van der Waals surface area contributed by atoms with Crippen molar-refractivity contribution in [1.82, 2.24) is 0 Å². The van der Waals surface area contributed by atoms with E-state index in [1.54, 1.807) is 13.2 Å². The van der Waals surface area contributed by atoms with Gasteiger partial charge in [-0.15, -0.1) is 0 Å². The summed E-state index contributed by atoms with van der Waals surface area (Å²) < 4.78 is 25.8. The van der Waals surface area contributed by atoms with Crippen LogP contribution >= 0.6 is 39.1 Å². The van der Waals surface area contributed by atoms with Gasteiger partial charge in [0.05, 0.1) is 12.1 Å². The van der Waals surface area contributed by atoms with E-state index in [4.69, 9.17) is 32.7 Å². The minimum absolute atomic E-state index is 0.0622. The molecule has 1 N–H and O–H groups in total. The van der Waals surface area contributed by atoms with Crippen molar-refractivity contribution in [1.29, 1.82) is 0 Å². The summed E-state index contributed by atoms with van der Waals surface area (Å²) in [6.45, 7) is 0.757. The van der Waals surface area contributed by atoms with Crippen molar-refractivity contribution in [2.45, 2.75) is 13.2 Å². The normalized spacial score (nSPS) is 10.6. The Labute approximate surface area is 181 Å². The molecule has 146 valence electrons. The Hall–Kier alpha value is -1.95. The molecule has 28 heavy (non-hydrogen) atoms. The van der Waals surface area contributed by atoms with Gasteiger partial charge in [0.15, 0.2) is 11.5 Å². The quantitative estimate of drug-likeness (QED) is 0.388. The molecular weight excluding hydrogens is 468 g/mol. The topological polar surface area (TPSA) is 30.5 Å². The van der Waals surface area contributed by atoms with E-state index in [0.29, 0.717) is 35.4 Å². The van der Waals surface area contributed by atoms with Crippen LogP contribution < -0.4 is 14.8 Å². The van der Waals surface area contributed by atoms with Crippen molar-refractivity contribution in [2.75, 3.05) is 12.4 Å². The number of halogens is 4. The van der Waals surface area contributed by atoms with Crippen LogP contribution in [0.4, 0.5) is 10.1 Å². The first-order valence-electron chi connectivity index (χ1n) is 8.39. The highest BCUT2D eigenvalue weighted by atomic mass is 79.9. The van der Waals surface area contributed by atoms with Gasteiger partial charge in [-0.1, -0.05) is 51.3 Å². The van der Waals surface area contributed by atoms with Crippen LogP contribution in [0.1, 0.15) is 11.1 Å².